The molecule has 0 saturated carbocycles. The third-order valence-electron chi connectivity index (χ3n) is 6.20. The number of hydrogen-bond donors (Lipinski definition) is 4. The quantitative estimate of drug-likeness (QED) is 0.469. The number of rotatable bonds is 7. The maximum absolute atomic E-state index is 6.31. The summed E-state index contributed by atoms with van der Waals surface area (Å²) < 4.78 is 0. The second-order valence-electron chi connectivity index (χ2n) is 8.24. The van der Waals surface area contributed by atoms with E-state index in [1.54, 1.807) is 0 Å². The summed E-state index contributed by atoms with van der Waals surface area (Å²) in [5.41, 5.74) is 22.3. The molecule has 6 heteroatoms. The van der Waals surface area contributed by atoms with Gasteiger partial charge in [-0.15, -0.1) is 0 Å². The number of para-hydroxylation sites is 1. The molecule has 0 bridgehead atoms. The van der Waals surface area contributed by atoms with Crippen LogP contribution >= 0.6 is 0 Å². The average Bonchev–Trinajstić information content (AvgIpc) is 2.81. The van der Waals surface area contributed by atoms with Gasteiger partial charge >= 0.3 is 0 Å². The fraction of sp³-hybridized carbons (Fsp3) is 0.320. The van der Waals surface area contributed by atoms with E-state index in [0.717, 1.165) is 44.5 Å². The maximum atomic E-state index is 6.31. The van der Waals surface area contributed by atoms with E-state index < -0.39 is 0 Å². The molecule has 1 saturated heterocycles. The molecule has 3 aromatic rings. The predicted octanol–water partition coefficient (Wildman–Crippen LogP) is 3.61. The molecule has 1 aliphatic heterocycles. The van der Waals surface area contributed by atoms with Gasteiger partial charge in [0.05, 0.1) is 5.69 Å². The molecule has 1 aromatic heterocycles. The summed E-state index contributed by atoms with van der Waals surface area (Å²) in [6, 6.07) is 23.5. The van der Waals surface area contributed by atoms with Gasteiger partial charge in [0, 0.05) is 30.7 Å². The van der Waals surface area contributed by atoms with E-state index in [-0.39, 0.29) is 5.92 Å². The van der Waals surface area contributed by atoms with E-state index in [9.17, 15) is 0 Å². The minimum absolute atomic E-state index is 0.116. The van der Waals surface area contributed by atoms with Crippen molar-refractivity contribution in [3.05, 3.63) is 77.9 Å². The lowest BCUT2D eigenvalue weighted by Gasteiger charge is -2.34. The summed E-state index contributed by atoms with van der Waals surface area (Å²) >= 11 is 0. The molecule has 0 spiro atoms. The number of nitrogens with one attached hydrogen (secondary N) is 1. The Hall–Kier alpha value is -3.25. The van der Waals surface area contributed by atoms with Gasteiger partial charge in [-0.05, 0) is 55.1 Å². The number of benzene rings is 2. The molecule has 0 radical (unpaired) electrons. The molecule has 6 nitrogen and oxygen atoms in total. The lowest BCUT2D eigenvalue weighted by atomic mass is 9.87. The Morgan fingerprint density at radius 1 is 0.935 bits per heavy atom. The molecule has 31 heavy (non-hydrogen) atoms. The number of aromatic nitrogens is 1. The van der Waals surface area contributed by atoms with Gasteiger partial charge in [0.2, 0.25) is 0 Å². The first-order chi connectivity index (χ1) is 15.1. The Morgan fingerprint density at radius 3 is 2.26 bits per heavy atom. The molecule has 0 aliphatic carbocycles. The number of nitrogens with zero attached hydrogens (tertiary/aromatic N) is 2. The minimum atomic E-state index is 0.116. The number of hydrogen-bond acceptors (Lipinski definition) is 6. The van der Waals surface area contributed by atoms with Crippen molar-refractivity contribution in [2.75, 3.05) is 41.7 Å². The van der Waals surface area contributed by atoms with E-state index in [1.807, 2.05) is 12.1 Å². The van der Waals surface area contributed by atoms with Gasteiger partial charge < -0.3 is 27.4 Å². The number of pyridine rings is 1. The molecule has 0 amide bonds. The molecular weight excluding hydrogens is 384 g/mol. The van der Waals surface area contributed by atoms with Gasteiger partial charge in [0.15, 0.2) is 0 Å². The second kappa shape index (κ2) is 9.71. The lowest BCUT2D eigenvalue weighted by Crippen LogP contribution is -2.43. The first-order valence-electron chi connectivity index (χ1n) is 11.0. The molecule has 7 N–H and O–H groups in total. The Morgan fingerprint density at radius 2 is 1.58 bits per heavy atom. The van der Waals surface area contributed by atoms with Crippen LogP contribution in [-0.4, -0.2) is 30.7 Å². The van der Waals surface area contributed by atoms with Crippen LogP contribution in [0.2, 0.25) is 0 Å². The summed E-state index contributed by atoms with van der Waals surface area (Å²) in [5.74, 6) is 0.826. The van der Waals surface area contributed by atoms with Gasteiger partial charge in [0.25, 0.3) is 0 Å². The second-order valence-corrected chi connectivity index (χ2v) is 8.24. The van der Waals surface area contributed by atoms with Crippen molar-refractivity contribution >= 4 is 23.0 Å². The van der Waals surface area contributed by atoms with E-state index in [0.29, 0.717) is 23.4 Å². The van der Waals surface area contributed by atoms with Crippen LogP contribution < -0.4 is 27.4 Å². The smallest absolute Gasteiger partial charge is 0.149 e. The number of nitrogens with two attached hydrogens (primary N) is 3. The Labute approximate surface area is 184 Å². The largest absolute Gasteiger partial charge is 0.396 e. The third kappa shape index (κ3) is 5.09. The maximum Gasteiger partial charge on any atom is 0.149 e. The first-order valence-corrected chi connectivity index (χ1v) is 11.0. The van der Waals surface area contributed by atoms with Crippen LogP contribution in [-0.2, 0) is 0 Å². The van der Waals surface area contributed by atoms with Gasteiger partial charge in [-0.25, -0.2) is 4.98 Å². The summed E-state index contributed by atoms with van der Waals surface area (Å²) in [7, 11) is 0. The predicted molar refractivity (Wildman–Crippen MR) is 130 cm³/mol. The molecule has 1 atom stereocenters. The highest BCUT2D eigenvalue weighted by molar-refractivity contribution is 5.68. The number of piperidine rings is 1. The molecule has 1 aliphatic rings. The molecule has 2 aromatic carbocycles. The standard InChI is InChI=1S/C25H32N6/c26-23-17-22(24(27)25(28)30-23)21(18-7-3-1-4-8-18)11-14-29-19-12-15-31(16-13-19)20-9-5-2-6-10-20/h1-10,17,19,21,29H,11-16,27H2,(H4,26,28,30). The van der Waals surface area contributed by atoms with Crippen molar-refractivity contribution in [1.29, 1.82) is 0 Å². The lowest BCUT2D eigenvalue weighted by molar-refractivity contribution is 0.409. The Kier molecular flexibility index (Phi) is 6.57. The molecule has 1 unspecified atom stereocenters. The van der Waals surface area contributed by atoms with Crippen molar-refractivity contribution < 1.29 is 0 Å². The molecule has 1 fully saturated rings. The van der Waals surface area contributed by atoms with Crippen molar-refractivity contribution in [3.8, 4) is 0 Å². The minimum Gasteiger partial charge on any atom is -0.396 e. The zero-order valence-electron chi connectivity index (χ0n) is 17.9. The first kappa shape index (κ1) is 21.0. The van der Waals surface area contributed by atoms with E-state index in [2.05, 4.69) is 69.8 Å². The fourth-order valence-corrected chi connectivity index (χ4v) is 4.50. The zero-order chi connectivity index (χ0) is 21.6. The van der Waals surface area contributed by atoms with Crippen LogP contribution in [0.25, 0.3) is 0 Å². The summed E-state index contributed by atoms with van der Waals surface area (Å²) in [6.45, 7) is 3.06. The summed E-state index contributed by atoms with van der Waals surface area (Å²) in [6.07, 6.45) is 3.19. The van der Waals surface area contributed by atoms with Gasteiger partial charge in [-0.2, -0.15) is 0 Å². The summed E-state index contributed by atoms with van der Waals surface area (Å²) in [5, 5.41) is 3.77. The highest BCUT2D eigenvalue weighted by Crippen LogP contribution is 2.35. The van der Waals surface area contributed by atoms with Gasteiger partial charge in [-0.3, -0.25) is 0 Å². The Balaban J connectivity index is 1.39. The third-order valence-corrected chi connectivity index (χ3v) is 6.20. The SMILES string of the molecule is Nc1cc(C(CCNC2CCN(c3ccccc3)CC2)c2ccccc2)c(N)c(N)n1. The van der Waals surface area contributed by atoms with Crippen LogP contribution in [0.4, 0.5) is 23.0 Å². The molecule has 2 heterocycles. The van der Waals surface area contributed by atoms with Gasteiger partial charge in [0.1, 0.15) is 11.6 Å². The van der Waals surface area contributed by atoms with Crippen LogP contribution in [0.3, 0.4) is 0 Å². The van der Waals surface area contributed by atoms with Crippen LogP contribution in [0.1, 0.15) is 36.3 Å². The molecular formula is C25H32N6. The van der Waals surface area contributed by atoms with Gasteiger partial charge in [-0.1, -0.05) is 48.5 Å². The normalized spacial score (nSPS) is 15.7. The van der Waals surface area contributed by atoms with Crippen LogP contribution in [0.15, 0.2) is 66.7 Å². The van der Waals surface area contributed by atoms with E-state index >= 15 is 0 Å². The van der Waals surface area contributed by atoms with E-state index in [4.69, 9.17) is 17.2 Å². The number of anilines is 4. The van der Waals surface area contributed by atoms with E-state index in [1.165, 1.54) is 11.3 Å². The zero-order valence-corrected chi connectivity index (χ0v) is 17.9. The number of nitrogen functional groups attached to an aromatic ring is 3. The van der Waals surface area contributed by atoms with Crippen LogP contribution in [0, 0.1) is 0 Å². The molecule has 162 valence electrons. The van der Waals surface area contributed by atoms with Crippen LogP contribution in [0.5, 0.6) is 0 Å². The Bertz CT molecular complexity index is 968. The topological polar surface area (TPSA) is 106 Å². The van der Waals surface area contributed by atoms with Crippen molar-refractivity contribution in [3.63, 3.8) is 0 Å². The highest BCUT2D eigenvalue weighted by atomic mass is 15.1. The molecule has 4 rings (SSSR count). The van der Waals surface area contributed by atoms with Crippen molar-refractivity contribution in [1.82, 2.24) is 10.3 Å². The van der Waals surface area contributed by atoms with Crippen molar-refractivity contribution in [2.24, 2.45) is 0 Å². The highest BCUT2D eigenvalue weighted by Gasteiger charge is 2.22. The van der Waals surface area contributed by atoms with Crippen molar-refractivity contribution in [2.45, 2.75) is 31.2 Å². The fourth-order valence-electron chi connectivity index (χ4n) is 4.50. The average molecular weight is 417 g/mol. The monoisotopic (exact) mass is 416 g/mol. The summed E-state index contributed by atoms with van der Waals surface area (Å²) in [4.78, 5) is 6.57.